The standard InChI is InChI=1S/C17H25N3O/c1-6-20-15(10-13(3)19-20)11-21-17-9-12(2)7-8-16(17)14(4)18-5/h7-10,14,18H,6,11H2,1-5H3. The molecular formula is C17H25N3O. The van der Waals surface area contributed by atoms with E-state index in [-0.39, 0.29) is 6.04 Å². The lowest BCUT2D eigenvalue weighted by atomic mass is 10.1. The van der Waals surface area contributed by atoms with Crippen molar-refractivity contribution in [2.24, 2.45) is 0 Å². The highest BCUT2D eigenvalue weighted by Gasteiger charge is 2.12. The van der Waals surface area contributed by atoms with E-state index in [1.165, 1.54) is 11.1 Å². The van der Waals surface area contributed by atoms with Gasteiger partial charge in [-0.25, -0.2) is 0 Å². The van der Waals surface area contributed by atoms with Gasteiger partial charge in [-0.15, -0.1) is 0 Å². The van der Waals surface area contributed by atoms with Crippen molar-refractivity contribution in [1.82, 2.24) is 15.1 Å². The summed E-state index contributed by atoms with van der Waals surface area (Å²) in [6, 6.07) is 8.70. The fourth-order valence-corrected chi connectivity index (χ4v) is 2.42. The van der Waals surface area contributed by atoms with Crippen LogP contribution in [0.1, 0.15) is 42.4 Å². The van der Waals surface area contributed by atoms with Gasteiger partial charge in [0.2, 0.25) is 0 Å². The molecule has 0 aliphatic rings. The van der Waals surface area contributed by atoms with Crippen LogP contribution in [0.5, 0.6) is 5.75 Å². The molecule has 2 rings (SSSR count). The Morgan fingerprint density at radius 1 is 1.29 bits per heavy atom. The van der Waals surface area contributed by atoms with E-state index in [1.807, 2.05) is 18.7 Å². The summed E-state index contributed by atoms with van der Waals surface area (Å²) in [6.07, 6.45) is 0. The molecule has 0 fully saturated rings. The average molecular weight is 287 g/mol. The normalized spacial score (nSPS) is 12.4. The van der Waals surface area contributed by atoms with Gasteiger partial charge in [0, 0.05) is 18.2 Å². The Balaban J connectivity index is 2.20. The van der Waals surface area contributed by atoms with Gasteiger partial charge in [0.05, 0.1) is 11.4 Å². The molecular weight excluding hydrogens is 262 g/mol. The molecule has 0 radical (unpaired) electrons. The largest absolute Gasteiger partial charge is 0.487 e. The summed E-state index contributed by atoms with van der Waals surface area (Å²) in [4.78, 5) is 0. The van der Waals surface area contributed by atoms with Gasteiger partial charge in [0.25, 0.3) is 0 Å². The molecule has 1 aromatic carbocycles. The third kappa shape index (κ3) is 3.64. The Morgan fingerprint density at radius 3 is 2.71 bits per heavy atom. The van der Waals surface area contributed by atoms with E-state index >= 15 is 0 Å². The van der Waals surface area contributed by atoms with Crippen LogP contribution >= 0.6 is 0 Å². The van der Waals surface area contributed by atoms with Gasteiger partial charge < -0.3 is 10.1 Å². The lowest BCUT2D eigenvalue weighted by Gasteiger charge is -2.17. The first-order chi connectivity index (χ1) is 10.0. The molecule has 1 N–H and O–H groups in total. The molecule has 21 heavy (non-hydrogen) atoms. The van der Waals surface area contributed by atoms with Crippen molar-refractivity contribution in [3.8, 4) is 5.75 Å². The van der Waals surface area contributed by atoms with Gasteiger partial charge in [0.15, 0.2) is 0 Å². The molecule has 0 aliphatic carbocycles. The fraction of sp³-hybridized carbons (Fsp3) is 0.471. The third-order valence-corrected chi connectivity index (χ3v) is 3.73. The molecule has 0 saturated carbocycles. The minimum Gasteiger partial charge on any atom is -0.487 e. The fourth-order valence-electron chi connectivity index (χ4n) is 2.42. The predicted molar refractivity (Wildman–Crippen MR) is 85.6 cm³/mol. The zero-order valence-electron chi connectivity index (χ0n) is 13.6. The topological polar surface area (TPSA) is 39.1 Å². The first kappa shape index (κ1) is 15.6. The molecule has 2 aromatic rings. The Hall–Kier alpha value is -1.81. The summed E-state index contributed by atoms with van der Waals surface area (Å²) in [5, 5.41) is 7.73. The summed E-state index contributed by atoms with van der Waals surface area (Å²) in [6.45, 7) is 9.73. The van der Waals surface area contributed by atoms with Crippen LogP contribution in [0.2, 0.25) is 0 Å². The summed E-state index contributed by atoms with van der Waals surface area (Å²) in [7, 11) is 1.96. The van der Waals surface area contributed by atoms with E-state index in [0.717, 1.165) is 23.7 Å². The van der Waals surface area contributed by atoms with Crippen molar-refractivity contribution in [3.05, 3.63) is 46.8 Å². The Morgan fingerprint density at radius 2 is 2.05 bits per heavy atom. The zero-order valence-corrected chi connectivity index (χ0v) is 13.6. The first-order valence-electron chi connectivity index (χ1n) is 7.49. The molecule has 1 unspecified atom stereocenters. The molecule has 4 heteroatoms. The monoisotopic (exact) mass is 287 g/mol. The number of rotatable bonds is 6. The maximum atomic E-state index is 6.08. The first-order valence-corrected chi connectivity index (χ1v) is 7.49. The van der Waals surface area contributed by atoms with Gasteiger partial charge in [0.1, 0.15) is 12.4 Å². The maximum Gasteiger partial charge on any atom is 0.130 e. The Bertz CT molecular complexity index is 604. The van der Waals surface area contributed by atoms with E-state index in [0.29, 0.717) is 6.61 Å². The summed E-state index contributed by atoms with van der Waals surface area (Å²) in [5.41, 5.74) is 4.53. The Kier molecular flexibility index (Phi) is 5.02. The van der Waals surface area contributed by atoms with Crippen molar-refractivity contribution in [2.45, 2.75) is 46.9 Å². The smallest absolute Gasteiger partial charge is 0.130 e. The second kappa shape index (κ2) is 6.76. The molecule has 0 spiro atoms. The number of hydrogen-bond acceptors (Lipinski definition) is 3. The average Bonchev–Trinajstić information content (AvgIpc) is 2.84. The zero-order chi connectivity index (χ0) is 15.4. The van der Waals surface area contributed by atoms with E-state index in [2.05, 4.69) is 55.5 Å². The van der Waals surface area contributed by atoms with Crippen LogP contribution in [0.25, 0.3) is 0 Å². The molecule has 1 atom stereocenters. The number of hydrogen-bond donors (Lipinski definition) is 1. The van der Waals surface area contributed by atoms with Crippen molar-refractivity contribution in [3.63, 3.8) is 0 Å². The number of benzene rings is 1. The van der Waals surface area contributed by atoms with Crippen LogP contribution in [0.15, 0.2) is 24.3 Å². The van der Waals surface area contributed by atoms with Gasteiger partial charge in [-0.1, -0.05) is 12.1 Å². The van der Waals surface area contributed by atoms with Gasteiger partial charge in [-0.3, -0.25) is 4.68 Å². The SMILES string of the molecule is CCn1nc(C)cc1COc1cc(C)ccc1C(C)NC. The minimum absolute atomic E-state index is 0.262. The van der Waals surface area contributed by atoms with E-state index in [1.54, 1.807) is 0 Å². The molecule has 1 heterocycles. The molecule has 1 aromatic heterocycles. The highest BCUT2D eigenvalue weighted by molar-refractivity contribution is 5.39. The minimum atomic E-state index is 0.262. The van der Waals surface area contributed by atoms with E-state index in [4.69, 9.17) is 4.74 Å². The molecule has 4 nitrogen and oxygen atoms in total. The molecule has 0 bridgehead atoms. The summed E-state index contributed by atoms with van der Waals surface area (Å²) in [5.74, 6) is 0.943. The second-order valence-corrected chi connectivity index (χ2v) is 5.43. The van der Waals surface area contributed by atoms with Crippen molar-refractivity contribution in [2.75, 3.05) is 7.05 Å². The number of nitrogens with zero attached hydrogens (tertiary/aromatic N) is 2. The third-order valence-electron chi connectivity index (χ3n) is 3.73. The number of aryl methyl sites for hydroxylation is 3. The highest BCUT2D eigenvalue weighted by atomic mass is 16.5. The number of aromatic nitrogens is 2. The quantitative estimate of drug-likeness (QED) is 0.885. The molecule has 0 aliphatic heterocycles. The van der Waals surface area contributed by atoms with Crippen LogP contribution in [0, 0.1) is 13.8 Å². The van der Waals surface area contributed by atoms with E-state index < -0.39 is 0 Å². The van der Waals surface area contributed by atoms with Crippen molar-refractivity contribution in [1.29, 1.82) is 0 Å². The van der Waals surface area contributed by atoms with Crippen LogP contribution in [-0.2, 0) is 13.2 Å². The van der Waals surface area contributed by atoms with Crippen molar-refractivity contribution < 1.29 is 4.74 Å². The summed E-state index contributed by atoms with van der Waals surface area (Å²) >= 11 is 0. The molecule has 114 valence electrons. The lowest BCUT2D eigenvalue weighted by molar-refractivity contribution is 0.287. The lowest BCUT2D eigenvalue weighted by Crippen LogP contribution is -2.14. The highest BCUT2D eigenvalue weighted by Crippen LogP contribution is 2.27. The number of ether oxygens (including phenoxy) is 1. The van der Waals surface area contributed by atoms with Gasteiger partial charge in [-0.2, -0.15) is 5.10 Å². The molecule has 0 amide bonds. The van der Waals surface area contributed by atoms with Crippen molar-refractivity contribution >= 4 is 0 Å². The van der Waals surface area contributed by atoms with Gasteiger partial charge in [-0.05, 0) is 52.4 Å². The van der Waals surface area contributed by atoms with Crippen LogP contribution in [-0.4, -0.2) is 16.8 Å². The number of nitrogens with one attached hydrogen (secondary N) is 1. The van der Waals surface area contributed by atoms with Crippen LogP contribution in [0.4, 0.5) is 0 Å². The maximum absolute atomic E-state index is 6.08. The Labute approximate surface area is 127 Å². The van der Waals surface area contributed by atoms with Crippen LogP contribution in [0.3, 0.4) is 0 Å². The summed E-state index contributed by atoms with van der Waals surface area (Å²) < 4.78 is 8.07. The van der Waals surface area contributed by atoms with Gasteiger partial charge >= 0.3 is 0 Å². The predicted octanol–water partition coefficient (Wildman–Crippen LogP) is 3.38. The second-order valence-electron chi connectivity index (χ2n) is 5.43. The van der Waals surface area contributed by atoms with E-state index in [9.17, 15) is 0 Å². The molecule has 0 saturated heterocycles. The van der Waals surface area contributed by atoms with Crippen LogP contribution < -0.4 is 10.1 Å².